The van der Waals surface area contributed by atoms with Crippen LogP contribution in [0.4, 0.5) is 11.5 Å². The summed E-state index contributed by atoms with van der Waals surface area (Å²) >= 11 is 0. The molecule has 1 aliphatic rings. The number of aromatic nitrogens is 2. The predicted octanol–water partition coefficient (Wildman–Crippen LogP) is 3.60. The van der Waals surface area contributed by atoms with Crippen molar-refractivity contribution in [1.82, 2.24) is 9.78 Å². The van der Waals surface area contributed by atoms with Gasteiger partial charge in [0.2, 0.25) is 11.8 Å². The summed E-state index contributed by atoms with van der Waals surface area (Å²) in [6.45, 7) is 3.78. The van der Waals surface area contributed by atoms with Crippen LogP contribution in [0.5, 0.6) is 5.75 Å². The minimum Gasteiger partial charge on any atom is -0.495 e. The number of rotatable bonds is 6. The maximum absolute atomic E-state index is 13.3. The van der Waals surface area contributed by atoms with Gasteiger partial charge >= 0.3 is 0 Å². The lowest BCUT2D eigenvalue weighted by molar-refractivity contribution is -0.116. The molecule has 0 saturated carbocycles. The maximum Gasteiger partial charge on any atom is 0.265 e. The van der Waals surface area contributed by atoms with Gasteiger partial charge in [0, 0.05) is 24.1 Å². The van der Waals surface area contributed by atoms with Crippen LogP contribution in [0.2, 0.25) is 0 Å². The summed E-state index contributed by atoms with van der Waals surface area (Å²) in [7, 11) is -2.62. The molecular formula is C23H24N4O5S. The van der Waals surface area contributed by atoms with Crippen LogP contribution in [0.25, 0.3) is 11.1 Å². The van der Waals surface area contributed by atoms with Crippen molar-refractivity contribution in [3.05, 3.63) is 53.7 Å². The van der Waals surface area contributed by atoms with E-state index in [1.54, 1.807) is 36.4 Å². The van der Waals surface area contributed by atoms with Crippen molar-refractivity contribution >= 4 is 33.3 Å². The number of hydrogen-bond acceptors (Lipinski definition) is 6. The molecule has 0 spiro atoms. The summed E-state index contributed by atoms with van der Waals surface area (Å²) in [6.07, 6.45) is 0.589. The van der Waals surface area contributed by atoms with Gasteiger partial charge in [0.15, 0.2) is 0 Å². The molecule has 4 rings (SSSR count). The lowest BCUT2D eigenvalue weighted by atomic mass is 10.0. The molecule has 33 heavy (non-hydrogen) atoms. The number of hydrogen-bond donors (Lipinski definition) is 2. The Morgan fingerprint density at radius 3 is 2.52 bits per heavy atom. The Balaban J connectivity index is 1.85. The average molecular weight is 469 g/mol. The summed E-state index contributed by atoms with van der Waals surface area (Å²) < 4.78 is 35.6. The molecule has 0 bridgehead atoms. The highest BCUT2D eigenvalue weighted by Crippen LogP contribution is 2.37. The monoisotopic (exact) mass is 468 g/mol. The number of ether oxygens (including phenoxy) is 1. The number of anilines is 2. The third-order valence-electron chi connectivity index (χ3n) is 5.40. The smallest absolute Gasteiger partial charge is 0.265 e. The van der Waals surface area contributed by atoms with Crippen molar-refractivity contribution in [2.24, 2.45) is 0 Å². The summed E-state index contributed by atoms with van der Waals surface area (Å²) in [6, 6.07) is 11.7. The molecule has 0 fully saturated rings. The van der Waals surface area contributed by atoms with E-state index in [1.165, 1.54) is 17.9 Å². The molecule has 2 aromatic carbocycles. The van der Waals surface area contributed by atoms with Crippen molar-refractivity contribution in [2.45, 2.75) is 38.0 Å². The summed E-state index contributed by atoms with van der Waals surface area (Å²) in [5, 5.41) is 7.14. The highest BCUT2D eigenvalue weighted by atomic mass is 32.2. The van der Waals surface area contributed by atoms with Crippen LogP contribution in [-0.2, 0) is 21.2 Å². The van der Waals surface area contributed by atoms with E-state index >= 15 is 0 Å². The number of carbonyl (C=O) groups excluding carboxylic acids is 2. The number of aryl methyl sites for hydroxylation is 2. The number of nitrogens with one attached hydrogen (secondary N) is 2. The number of methoxy groups -OCH3 is 1. The highest BCUT2D eigenvalue weighted by molar-refractivity contribution is 7.92. The maximum atomic E-state index is 13.3. The molecule has 2 N–H and O–H groups in total. The van der Waals surface area contributed by atoms with Gasteiger partial charge in [0.05, 0.1) is 12.8 Å². The van der Waals surface area contributed by atoms with Crippen LogP contribution in [0.1, 0.15) is 35.8 Å². The molecule has 1 aromatic heterocycles. The Morgan fingerprint density at radius 1 is 1.12 bits per heavy atom. The van der Waals surface area contributed by atoms with E-state index in [4.69, 9.17) is 4.74 Å². The van der Waals surface area contributed by atoms with E-state index in [9.17, 15) is 18.0 Å². The van der Waals surface area contributed by atoms with Crippen LogP contribution in [-0.4, -0.2) is 37.1 Å². The van der Waals surface area contributed by atoms with E-state index in [1.807, 2.05) is 13.8 Å². The van der Waals surface area contributed by atoms with Gasteiger partial charge in [-0.2, -0.15) is 9.78 Å². The van der Waals surface area contributed by atoms with Crippen LogP contribution >= 0.6 is 0 Å². The minimum atomic E-state index is -4.01. The summed E-state index contributed by atoms with van der Waals surface area (Å²) in [5.41, 5.74) is 2.99. The lowest BCUT2D eigenvalue weighted by Crippen LogP contribution is -2.14. The zero-order chi connectivity index (χ0) is 23.8. The van der Waals surface area contributed by atoms with Crippen molar-refractivity contribution in [1.29, 1.82) is 0 Å². The quantitative estimate of drug-likeness (QED) is 0.570. The number of benzene rings is 2. The Hall–Kier alpha value is -3.66. The van der Waals surface area contributed by atoms with Crippen LogP contribution in [0, 0.1) is 6.92 Å². The number of sulfonamides is 1. The Morgan fingerprint density at radius 2 is 1.85 bits per heavy atom. The second-order valence-electron chi connectivity index (χ2n) is 7.71. The third-order valence-corrected chi connectivity index (χ3v) is 6.80. The molecule has 1 amide bonds. The van der Waals surface area contributed by atoms with Gasteiger partial charge in [0.25, 0.3) is 10.0 Å². The Kier molecular flexibility index (Phi) is 5.94. The molecular weight excluding hydrogens is 444 g/mol. The zero-order valence-electron chi connectivity index (χ0n) is 18.5. The number of amides is 1. The van der Waals surface area contributed by atoms with Crippen molar-refractivity contribution in [2.75, 3.05) is 17.1 Å². The van der Waals surface area contributed by atoms with Crippen molar-refractivity contribution < 1.29 is 22.7 Å². The standard InChI is InChI=1S/C23H24N4O5S/c1-4-17-22(23-24-20(28)11-12-21(29)27(23)25-17)15-7-10-18(32-3)19(13-15)33(30,31)26-16-8-5-14(2)6-9-16/h5-10,13,26H,4,11-12H2,1-3H3,(H,24,28). The zero-order valence-corrected chi connectivity index (χ0v) is 19.3. The fourth-order valence-electron chi connectivity index (χ4n) is 3.70. The Bertz CT molecular complexity index is 1340. The number of fused-ring (bicyclic) bond motifs is 1. The SMILES string of the molecule is CCc1nn2c(c1-c1ccc(OC)c(S(=O)(=O)Nc3ccc(C)cc3)c1)NC(=O)CCC2=O. The van der Waals surface area contributed by atoms with Crippen molar-refractivity contribution in [3.63, 3.8) is 0 Å². The molecule has 3 aromatic rings. The first-order valence-electron chi connectivity index (χ1n) is 10.5. The van der Waals surface area contributed by atoms with E-state index < -0.39 is 10.0 Å². The fraction of sp³-hybridized carbons (Fsp3) is 0.261. The second kappa shape index (κ2) is 8.70. The van der Waals surface area contributed by atoms with Gasteiger partial charge in [0.1, 0.15) is 16.5 Å². The van der Waals surface area contributed by atoms with Gasteiger partial charge in [-0.3, -0.25) is 14.3 Å². The molecule has 0 atom stereocenters. The first-order valence-corrected chi connectivity index (χ1v) is 11.9. The van der Waals surface area contributed by atoms with Gasteiger partial charge in [-0.15, -0.1) is 0 Å². The van der Waals surface area contributed by atoms with Crippen LogP contribution in [0.15, 0.2) is 47.4 Å². The van der Waals surface area contributed by atoms with E-state index in [-0.39, 0.29) is 41.1 Å². The minimum absolute atomic E-state index is 0.0474. The molecule has 2 heterocycles. The number of nitrogens with zero attached hydrogens (tertiary/aromatic N) is 2. The molecule has 9 nitrogen and oxygen atoms in total. The first-order chi connectivity index (χ1) is 15.7. The predicted molar refractivity (Wildman–Crippen MR) is 124 cm³/mol. The lowest BCUT2D eigenvalue weighted by Gasteiger charge is -2.14. The first kappa shape index (κ1) is 22.5. The molecule has 0 saturated heterocycles. The third kappa shape index (κ3) is 4.34. The second-order valence-corrected chi connectivity index (χ2v) is 9.37. The summed E-state index contributed by atoms with van der Waals surface area (Å²) in [4.78, 5) is 24.6. The number of carbonyl (C=O) groups is 2. The molecule has 0 unspecified atom stereocenters. The topological polar surface area (TPSA) is 119 Å². The van der Waals surface area contributed by atoms with Gasteiger partial charge in [-0.05, 0) is 43.2 Å². The average Bonchev–Trinajstić information content (AvgIpc) is 3.09. The van der Waals surface area contributed by atoms with Crippen LogP contribution < -0.4 is 14.8 Å². The normalized spacial score (nSPS) is 13.8. The van der Waals surface area contributed by atoms with Gasteiger partial charge in [-0.25, -0.2) is 8.42 Å². The molecule has 0 aliphatic carbocycles. The van der Waals surface area contributed by atoms with Crippen molar-refractivity contribution in [3.8, 4) is 16.9 Å². The largest absolute Gasteiger partial charge is 0.495 e. The summed E-state index contributed by atoms with van der Waals surface area (Å²) in [5.74, 6) is -0.186. The van der Waals surface area contributed by atoms with Gasteiger partial charge in [-0.1, -0.05) is 30.7 Å². The highest BCUT2D eigenvalue weighted by Gasteiger charge is 2.28. The van der Waals surface area contributed by atoms with E-state index in [0.717, 1.165) is 5.56 Å². The van der Waals surface area contributed by atoms with E-state index in [0.29, 0.717) is 28.9 Å². The molecule has 0 radical (unpaired) electrons. The Labute approximate surface area is 191 Å². The fourth-order valence-corrected chi connectivity index (χ4v) is 4.96. The molecule has 1 aliphatic heterocycles. The van der Waals surface area contributed by atoms with Gasteiger partial charge < -0.3 is 10.1 Å². The van der Waals surface area contributed by atoms with E-state index in [2.05, 4.69) is 15.1 Å². The molecule has 172 valence electrons. The van der Waals surface area contributed by atoms with Crippen LogP contribution in [0.3, 0.4) is 0 Å². The molecule has 10 heteroatoms.